The molecule has 0 aromatic rings. The second kappa shape index (κ2) is 6.75. The van der Waals surface area contributed by atoms with E-state index in [1.165, 1.54) is 42.4 Å². The molecule has 2 rings (SSSR count). The molecule has 1 N–H and O–H groups in total. The Morgan fingerprint density at radius 1 is 1.32 bits per heavy atom. The summed E-state index contributed by atoms with van der Waals surface area (Å²) in [6.45, 7) is 9.18. The molecule has 0 aromatic carbocycles. The van der Waals surface area contributed by atoms with Gasteiger partial charge in [0.05, 0.1) is 6.04 Å². The van der Waals surface area contributed by atoms with Crippen LogP contribution >= 0.6 is 23.5 Å². The van der Waals surface area contributed by atoms with Gasteiger partial charge in [-0.1, -0.05) is 45.9 Å². The highest BCUT2D eigenvalue weighted by molar-refractivity contribution is 8.13. The SMILES string of the molecule is CCSC1CCCC1NC1=NC(C(C)(C)C)CCS1. The van der Waals surface area contributed by atoms with Crippen molar-refractivity contribution in [1.29, 1.82) is 0 Å². The zero-order valence-corrected chi connectivity index (χ0v) is 14.4. The van der Waals surface area contributed by atoms with Gasteiger partial charge < -0.3 is 5.32 Å². The average Bonchev–Trinajstić information content (AvgIpc) is 2.77. The van der Waals surface area contributed by atoms with E-state index in [2.05, 4.69) is 44.8 Å². The maximum Gasteiger partial charge on any atom is 0.157 e. The van der Waals surface area contributed by atoms with E-state index in [0.29, 0.717) is 17.5 Å². The number of amidine groups is 1. The first-order valence-corrected chi connectivity index (χ1v) is 9.63. The Morgan fingerprint density at radius 3 is 2.79 bits per heavy atom. The molecule has 19 heavy (non-hydrogen) atoms. The van der Waals surface area contributed by atoms with Crippen LogP contribution in [-0.2, 0) is 0 Å². The zero-order valence-electron chi connectivity index (χ0n) is 12.7. The van der Waals surface area contributed by atoms with Crippen molar-refractivity contribution in [3.05, 3.63) is 0 Å². The third-order valence-electron chi connectivity index (χ3n) is 4.04. The predicted octanol–water partition coefficient (Wildman–Crippen LogP) is 4.16. The number of hydrogen-bond donors (Lipinski definition) is 1. The molecule has 1 saturated carbocycles. The molecule has 0 saturated heterocycles. The minimum absolute atomic E-state index is 0.293. The lowest BCUT2D eigenvalue weighted by atomic mass is 9.85. The Kier molecular flexibility index (Phi) is 5.53. The Morgan fingerprint density at radius 2 is 2.11 bits per heavy atom. The van der Waals surface area contributed by atoms with Gasteiger partial charge >= 0.3 is 0 Å². The standard InChI is InChI=1S/C15H28N2S2/c1-5-18-12-8-6-7-11(12)16-14-17-13(9-10-19-14)15(2,3)4/h11-13H,5-10H2,1-4H3,(H,16,17). The van der Waals surface area contributed by atoms with Gasteiger partial charge in [0.1, 0.15) is 0 Å². The van der Waals surface area contributed by atoms with Gasteiger partial charge in [0.25, 0.3) is 0 Å². The fraction of sp³-hybridized carbons (Fsp3) is 0.933. The van der Waals surface area contributed by atoms with Gasteiger partial charge in [-0.05, 0) is 30.4 Å². The maximum absolute atomic E-state index is 4.97. The molecule has 0 bridgehead atoms. The number of thioether (sulfide) groups is 2. The summed E-state index contributed by atoms with van der Waals surface area (Å²) >= 11 is 4.03. The lowest BCUT2D eigenvalue weighted by Gasteiger charge is -2.32. The Hall–Kier alpha value is 0.170. The van der Waals surface area contributed by atoms with E-state index >= 15 is 0 Å². The Bertz CT molecular complexity index is 323. The number of hydrogen-bond acceptors (Lipinski definition) is 4. The summed E-state index contributed by atoms with van der Waals surface area (Å²) in [7, 11) is 0. The maximum atomic E-state index is 4.97. The molecule has 0 spiro atoms. The topological polar surface area (TPSA) is 24.4 Å². The molecule has 2 nitrogen and oxygen atoms in total. The first kappa shape index (κ1) is 15.6. The van der Waals surface area contributed by atoms with Crippen molar-refractivity contribution in [2.75, 3.05) is 11.5 Å². The van der Waals surface area contributed by atoms with Crippen LogP contribution in [-0.4, -0.2) is 34.0 Å². The minimum atomic E-state index is 0.293. The molecule has 110 valence electrons. The van der Waals surface area contributed by atoms with Crippen molar-refractivity contribution < 1.29 is 0 Å². The summed E-state index contributed by atoms with van der Waals surface area (Å²) < 4.78 is 0. The molecule has 3 atom stereocenters. The summed E-state index contributed by atoms with van der Waals surface area (Å²) in [4.78, 5) is 4.97. The zero-order chi connectivity index (χ0) is 13.9. The van der Waals surface area contributed by atoms with E-state index in [9.17, 15) is 0 Å². The average molecular weight is 301 g/mol. The molecule has 1 aliphatic heterocycles. The first-order chi connectivity index (χ1) is 9.00. The van der Waals surface area contributed by atoms with E-state index in [4.69, 9.17) is 4.99 Å². The van der Waals surface area contributed by atoms with Crippen LogP contribution in [0.25, 0.3) is 0 Å². The normalized spacial score (nSPS) is 32.2. The highest BCUT2D eigenvalue weighted by atomic mass is 32.2. The molecule has 4 heteroatoms. The van der Waals surface area contributed by atoms with Gasteiger partial charge in [-0.3, -0.25) is 4.99 Å². The van der Waals surface area contributed by atoms with Crippen LogP contribution < -0.4 is 5.32 Å². The van der Waals surface area contributed by atoms with Gasteiger partial charge in [-0.15, -0.1) is 0 Å². The number of nitrogens with zero attached hydrogens (tertiary/aromatic N) is 1. The molecular formula is C15H28N2S2. The van der Waals surface area contributed by atoms with Gasteiger partial charge in [0, 0.05) is 17.0 Å². The van der Waals surface area contributed by atoms with Crippen LogP contribution in [0.2, 0.25) is 0 Å². The number of aliphatic imine (C=N–C) groups is 1. The van der Waals surface area contributed by atoms with Crippen LogP contribution in [0.4, 0.5) is 0 Å². The molecule has 0 radical (unpaired) electrons. The Labute approximate surface area is 127 Å². The summed E-state index contributed by atoms with van der Waals surface area (Å²) in [5.41, 5.74) is 0.293. The molecule has 1 aliphatic carbocycles. The molecule has 0 amide bonds. The molecule has 3 unspecified atom stereocenters. The minimum Gasteiger partial charge on any atom is -0.361 e. The summed E-state index contributed by atoms with van der Waals surface area (Å²) in [5, 5.41) is 5.75. The second-order valence-corrected chi connectivity index (χ2v) is 9.23. The van der Waals surface area contributed by atoms with Crippen molar-refractivity contribution in [2.45, 2.75) is 70.7 Å². The van der Waals surface area contributed by atoms with Crippen molar-refractivity contribution in [3.63, 3.8) is 0 Å². The van der Waals surface area contributed by atoms with Gasteiger partial charge in [0.15, 0.2) is 5.17 Å². The summed E-state index contributed by atoms with van der Waals surface area (Å²) in [5.74, 6) is 2.44. The first-order valence-electron chi connectivity index (χ1n) is 7.59. The van der Waals surface area contributed by atoms with Crippen LogP contribution in [0.5, 0.6) is 0 Å². The molecule has 1 fully saturated rings. The quantitative estimate of drug-likeness (QED) is 0.847. The van der Waals surface area contributed by atoms with Crippen LogP contribution in [0.3, 0.4) is 0 Å². The van der Waals surface area contributed by atoms with Gasteiger partial charge in [-0.25, -0.2) is 0 Å². The largest absolute Gasteiger partial charge is 0.361 e. The van der Waals surface area contributed by atoms with Crippen molar-refractivity contribution in [1.82, 2.24) is 5.32 Å². The number of rotatable bonds is 3. The van der Waals surface area contributed by atoms with Crippen LogP contribution in [0.15, 0.2) is 4.99 Å². The van der Waals surface area contributed by atoms with Crippen LogP contribution in [0, 0.1) is 5.41 Å². The highest BCUT2D eigenvalue weighted by Gasteiger charge is 2.31. The fourth-order valence-electron chi connectivity index (χ4n) is 2.88. The molecule has 1 heterocycles. The van der Waals surface area contributed by atoms with Gasteiger partial charge in [-0.2, -0.15) is 11.8 Å². The molecular weight excluding hydrogens is 272 g/mol. The monoisotopic (exact) mass is 300 g/mol. The van der Waals surface area contributed by atoms with Gasteiger partial charge in [0.2, 0.25) is 0 Å². The summed E-state index contributed by atoms with van der Waals surface area (Å²) in [6, 6.07) is 1.13. The summed E-state index contributed by atoms with van der Waals surface area (Å²) in [6.07, 6.45) is 5.28. The predicted molar refractivity (Wildman–Crippen MR) is 90.4 cm³/mol. The fourth-order valence-corrected chi connectivity index (χ4v) is 5.05. The van der Waals surface area contributed by atoms with E-state index in [1.807, 2.05) is 11.8 Å². The van der Waals surface area contributed by atoms with E-state index in [0.717, 1.165) is 5.25 Å². The third kappa shape index (κ3) is 4.32. The highest BCUT2D eigenvalue weighted by Crippen LogP contribution is 2.33. The van der Waals surface area contributed by atoms with Crippen molar-refractivity contribution in [3.8, 4) is 0 Å². The Balaban J connectivity index is 1.96. The number of nitrogens with one attached hydrogen (secondary N) is 1. The van der Waals surface area contributed by atoms with E-state index in [-0.39, 0.29) is 0 Å². The van der Waals surface area contributed by atoms with Crippen molar-refractivity contribution in [2.24, 2.45) is 10.4 Å². The molecule has 0 aromatic heterocycles. The molecule has 2 aliphatic rings. The third-order valence-corrected chi connectivity index (χ3v) is 6.31. The van der Waals surface area contributed by atoms with Crippen molar-refractivity contribution >= 4 is 28.7 Å². The lowest BCUT2D eigenvalue weighted by Crippen LogP contribution is -2.41. The lowest BCUT2D eigenvalue weighted by molar-refractivity contribution is 0.315. The van der Waals surface area contributed by atoms with Crippen LogP contribution in [0.1, 0.15) is 53.4 Å². The smallest absolute Gasteiger partial charge is 0.157 e. The second-order valence-electron chi connectivity index (χ2n) is 6.63. The van der Waals surface area contributed by atoms with E-state index < -0.39 is 0 Å². The van der Waals surface area contributed by atoms with E-state index in [1.54, 1.807) is 0 Å².